The number of nitrogens with zero attached hydrogens (tertiary/aromatic N) is 2. The number of amides is 4. The van der Waals surface area contributed by atoms with Gasteiger partial charge in [0, 0.05) is 31.3 Å². The average molecular weight is 723 g/mol. The van der Waals surface area contributed by atoms with E-state index in [0.29, 0.717) is 25.1 Å². The molecule has 17 heteroatoms. The molecule has 5 atom stereocenters. The second-order valence-corrected chi connectivity index (χ2v) is 14.6. The highest BCUT2D eigenvalue weighted by Crippen LogP contribution is 2.54. The minimum atomic E-state index is -4.69. The fourth-order valence-corrected chi connectivity index (χ4v) is 7.25. The topological polar surface area (TPSA) is 168 Å². The number of carbonyl (C=O) groups is 4. The molecule has 2 saturated carbocycles. The van der Waals surface area contributed by atoms with Crippen molar-refractivity contribution >= 4 is 37.6 Å². The molecule has 3 aliphatic rings. The third kappa shape index (κ3) is 8.26. The molecule has 13 nitrogen and oxygen atoms in total. The molecule has 1 aromatic carbocycles. The lowest BCUT2D eigenvalue weighted by molar-refractivity contribution is -0.140. The SMILES string of the molecule is CO[P+](O)(NC(=O)[C@@]12C[C@H]1/C=C\CCCCN(C)C(=O)[C@@H]1C[C@H](OC(=O)Nc3cc(C(F)(F)F)ccc3-c3ccccn3)C[C@H]1C(=O)N2)OC. The molecule has 0 spiro atoms. The van der Waals surface area contributed by atoms with Gasteiger partial charge in [-0.2, -0.15) is 27.1 Å². The van der Waals surface area contributed by atoms with Gasteiger partial charge < -0.3 is 15.0 Å². The van der Waals surface area contributed by atoms with Crippen molar-refractivity contribution in [2.45, 2.75) is 56.3 Å². The number of allylic oxidation sites excluding steroid dienone is 1. The lowest BCUT2D eigenvalue weighted by Gasteiger charge is -2.26. The first-order valence-electron chi connectivity index (χ1n) is 16.1. The molecule has 2 fully saturated rings. The van der Waals surface area contributed by atoms with Crippen LogP contribution in [0.25, 0.3) is 11.3 Å². The minimum absolute atomic E-state index is 0.0362. The molecule has 0 bridgehead atoms. The predicted octanol–water partition coefficient (Wildman–Crippen LogP) is 4.86. The van der Waals surface area contributed by atoms with Crippen LogP contribution in [0.1, 0.15) is 44.1 Å². The van der Waals surface area contributed by atoms with Gasteiger partial charge in [-0.3, -0.25) is 24.7 Å². The fraction of sp³-hybridized carbons (Fsp3) is 0.485. The molecular weight excluding hydrogens is 682 g/mol. The maximum Gasteiger partial charge on any atom is 0.527 e. The third-order valence-electron chi connectivity index (χ3n) is 9.33. The Hall–Kier alpha value is -4.11. The highest BCUT2D eigenvalue weighted by Gasteiger charge is 2.64. The van der Waals surface area contributed by atoms with Crippen molar-refractivity contribution in [3.8, 4) is 11.3 Å². The van der Waals surface area contributed by atoms with Gasteiger partial charge in [0.2, 0.25) is 11.8 Å². The fourth-order valence-electron chi connectivity index (χ4n) is 6.46. The first-order valence-corrected chi connectivity index (χ1v) is 17.7. The van der Waals surface area contributed by atoms with Gasteiger partial charge in [-0.05, 0) is 62.8 Å². The van der Waals surface area contributed by atoms with E-state index in [-0.39, 0.29) is 36.4 Å². The Labute approximate surface area is 287 Å². The van der Waals surface area contributed by atoms with Crippen LogP contribution in [0.15, 0.2) is 54.7 Å². The lowest BCUT2D eigenvalue weighted by atomic mass is 9.93. The number of carbonyl (C=O) groups excluding carboxylic acids is 4. The lowest BCUT2D eigenvalue weighted by Crippen LogP contribution is -2.53. The van der Waals surface area contributed by atoms with E-state index in [0.717, 1.165) is 18.6 Å². The number of hydrogen-bond donors (Lipinski definition) is 4. The zero-order valence-electron chi connectivity index (χ0n) is 27.7. The molecule has 5 rings (SSSR count). The second kappa shape index (κ2) is 15.0. The van der Waals surface area contributed by atoms with Crippen LogP contribution < -0.4 is 15.7 Å². The second-order valence-electron chi connectivity index (χ2n) is 12.6. The summed E-state index contributed by atoms with van der Waals surface area (Å²) in [5.41, 5.74) is -2.10. The van der Waals surface area contributed by atoms with Gasteiger partial charge >= 0.3 is 20.4 Å². The molecule has 4 amide bonds. The number of fused-ring (bicyclic) bond motifs is 2. The zero-order chi connectivity index (χ0) is 36.3. The van der Waals surface area contributed by atoms with Crippen molar-refractivity contribution in [1.29, 1.82) is 0 Å². The summed E-state index contributed by atoms with van der Waals surface area (Å²) < 4.78 is 56.4. The zero-order valence-corrected chi connectivity index (χ0v) is 28.6. The maximum absolute atomic E-state index is 14.0. The summed E-state index contributed by atoms with van der Waals surface area (Å²) in [7, 11) is 0.196. The summed E-state index contributed by atoms with van der Waals surface area (Å²) in [6.45, 7) is 0.432. The normalized spacial score (nSPS) is 26.5. The maximum atomic E-state index is 14.0. The van der Waals surface area contributed by atoms with Crippen LogP contribution in [0.3, 0.4) is 0 Å². The van der Waals surface area contributed by atoms with Gasteiger partial charge in [-0.25, -0.2) is 4.79 Å². The smallest absolute Gasteiger partial charge is 0.446 e. The van der Waals surface area contributed by atoms with Crippen LogP contribution in [0.4, 0.5) is 23.7 Å². The van der Waals surface area contributed by atoms with Crippen molar-refractivity contribution in [2.75, 3.05) is 33.1 Å². The van der Waals surface area contributed by atoms with Crippen molar-refractivity contribution in [1.82, 2.24) is 20.3 Å². The number of nitrogens with one attached hydrogen (secondary N) is 3. The Morgan fingerprint density at radius 1 is 1.10 bits per heavy atom. The van der Waals surface area contributed by atoms with Gasteiger partial charge in [-0.1, -0.05) is 24.3 Å². The first-order chi connectivity index (χ1) is 23.7. The van der Waals surface area contributed by atoms with E-state index in [1.807, 2.05) is 12.2 Å². The van der Waals surface area contributed by atoms with Gasteiger partial charge in [0.15, 0.2) is 0 Å². The number of pyridine rings is 1. The quantitative estimate of drug-likeness (QED) is 0.230. The number of rotatable bonds is 7. The summed E-state index contributed by atoms with van der Waals surface area (Å²) in [6, 6.07) is 7.73. The molecule has 0 radical (unpaired) electrons. The van der Waals surface area contributed by atoms with Gasteiger partial charge in [0.1, 0.15) is 11.6 Å². The number of halogens is 3. The van der Waals surface area contributed by atoms with Crippen LogP contribution in [-0.2, 0) is 34.3 Å². The van der Waals surface area contributed by atoms with Crippen molar-refractivity contribution in [2.24, 2.45) is 17.8 Å². The number of ether oxygens (including phenoxy) is 1. The molecule has 50 heavy (non-hydrogen) atoms. The molecule has 2 heterocycles. The van der Waals surface area contributed by atoms with E-state index in [2.05, 4.69) is 20.7 Å². The standard InChI is InChI=1S/C33H39F3N5O8P/c1-41-15-9-5-4-6-10-21-19-32(21,30(44)40-50(46,47-2)48-3)39-28(42)24-17-22(18-25(24)29(41)43)49-31(45)38-27-16-20(33(34,35)36)12-13-23(27)26-11-7-8-14-37-26/h6-8,10-14,16,21-22,24-25,46H,4-5,9,15,17-19H2,1-3H3,(H2-,37,38,39,40,42,44,45)/p+1/b10-6-/t21-,22-,24-,25-,32-/m1/s1. The summed E-state index contributed by atoms with van der Waals surface area (Å²) in [4.78, 5) is 70.6. The van der Waals surface area contributed by atoms with Gasteiger partial charge in [0.25, 0.3) is 5.91 Å². The summed E-state index contributed by atoms with van der Waals surface area (Å²) in [6.07, 6.45) is 0.703. The largest absolute Gasteiger partial charge is 0.527 e. The molecule has 2 aliphatic carbocycles. The van der Waals surface area contributed by atoms with Crippen LogP contribution in [0.5, 0.6) is 0 Å². The Balaban J connectivity index is 1.38. The van der Waals surface area contributed by atoms with Gasteiger partial charge in [0.05, 0.1) is 43.0 Å². The number of anilines is 1. The van der Waals surface area contributed by atoms with E-state index in [9.17, 15) is 37.2 Å². The van der Waals surface area contributed by atoms with E-state index in [1.54, 1.807) is 25.2 Å². The molecule has 1 aliphatic heterocycles. The number of aromatic nitrogens is 1. The first kappa shape index (κ1) is 37.2. The van der Waals surface area contributed by atoms with Crippen molar-refractivity contribution in [3.63, 3.8) is 0 Å². The average Bonchev–Trinajstić information content (AvgIpc) is 3.62. The molecule has 270 valence electrons. The monoisotopic (exact) mass is 722 g/mol. The number of hydrogen-bond acceptors (Lipinski definition) is 9. The minimum Gasteiger partial charge on any atom is -0.446 e. The van der Waals surface area contributed by atoms with Crippen molar-refractivity contribution < 1.29 is 51.0 Å². The van der Waals surface area contributed by atoms with Crippen molar-refractivity contribution in [3.05, 3.63) is 60.3 Å². The molecule has 0 saturated heterocycles. The van der Waals surface area contributed by atoms with E-state index in [1.165, 1.54) is 31.4 Å². The molecule has 2 aromatic rings. The van der Waals surface area contributed by atoms with E-state index >= 15 is 0 Å². The molecule has 4 N–H and O–H groups in total. The summed E-state index contributed by atoms with van der Waals surface area (Å²) >= 11 is 0. The van der Waals surface area contributed by atoms with E-state index < -0.39 is 67.1 Å². The number of benzene rings is 1. The molecule has 0 unspecified atom stereocenters. The predicted molar refractivity (Wildman–Crippen MR) is 176 cm³/mol. The highest BCUT2D eigenvalue weighted by molar-refractivity contribution is 7.59. The molecule has 1 aromatic heterocycles. The number of alkyl halides is 3. The Morgan fingerprint density at radius 3 is 2.52 bits per heavy atom. The van der Waals surface area contributed by atoms with Crippen LogP contribution in [0, 0.1) is 17.8 Å². The summed E-state index contributed by atoms with van der Waals surface area (Å²) in [5, 5.41) is 7.58. The van der Waals surface area contributed by atoms with Crippen LogP contribution in [0.2, 0.25) is 0 Å². The Morgan fingerprint density at radius 2 is 1.84 bits per heavy atom. The summed E-state index contributed by atoms with van der Waals surface area (Å²) in [5.74, 6) is -4.04. The Kier molecular flexibility index (Phi) is 11.2. The van der Waals surface area contributed by atoms with Crippen LogP contribution in [-0.4, -0.2) is 78.0 Å². The van der Waals surface area contributed by atoms with Crippen LogP contribution >= 0.6 is 8.09 Å². The molecular formula is C33H40F3N5O8P+. The van der Waals surface area contributed by atoms with E-state index in [4.69, 9.17) is 13.8 Å². The Bertz CT molecular complexity index is 1630. The van der Waals surface area contributed by atoms with Gasteiger partial charge in [-0.15, -0.1) is 5.09 Å². The highest BCUT2D eigenvalue weighted by atomic mass is 31.2. The third-order valence-corrected chi connectivity index (χ3v) is 10.8.